The lowest BCUT2D eigenvalue weighted by atomic mass is 9.97. The maximum atomic E-state index is 13.0. The summed E-state index contributed by atoms with van der Waals surface area (Å²) in [6, 6.07) is 13.5. The Morgan fingerprint density at radius 3 is 2.31 bits per heavy atom. The van der Waals surface area contributed by atoms with Gasteiger partial charge in [0.05, 0.1) is 12.3 Å². The fourth-order valence-electron chi connectivity index (χ4n) is 3.81. The molecule has 0 aromatic heterocycles. The summed E-state index contributed by atoms with van der Waals surface area (Å²) in [5.41, 5.74) is 1.82. The quantitative estimate of drug-likeness (QED) is 0.548. The smallest absolute Gasteiger partial charge is 0.223 e. The Kier molecular flexibility index (Phi) is 8.64. The molecule has 3 rings (SSSR count). The van der Waals surface area contributed by atoms with E-state index in [1.54, 1.807) is 0 Å². The molecule has 0 aliphatic carbocycles. The molecule has 174 valence electrons. The van der Waals surface area contributed by atoms with E-state index in [-0.39, 0.29) is 17.6 Å². The summed E-state index contributed by atoms with van der Waals surface area (Å²) in [6.45, 7) is 3.54. The molecule has 0 bridgehead atoms. The van der Waals surface area contributed by atoms with Crippen LogP contribution in [0.4, 0.5) is 4.39 Å². The van der Waals surface area contributed by atoms with Gasteiger partial charge in [0, 0.05) is 19.0 Å². The molecule has 1 aliphatic rings. The fourth-order valence-corrected chi connectivity index (χ4v) is 5.37. The minimum atomic E-state index is -3.50. The van der Waals surface area contributed by atoms with Crippen LogP contribution in [0.5, 0.6) is 5.75 Å². The van der Waals surface area contributed by atoms with E-state index in [1.165, 1.54) is 34.1 Å². The van der Waals surface area contributed by atoms with Crippen LogP contribution in [0, 0.1) is 11.7 Å². The van der Waals surface area contributed by atoms with Gasteiger partial charge < -0.3 is 10.1 Å². The zero-order chi connectivity index (χ0) is 23.0. The van der Waals surface area contributed by atoms with Crippen molar-refractivity contribution < 1.29 is 22.3 Å². The second-order valence-electron chi connectivity index (χ2n) is 8.09. The first-order chi connectivity index (χ1) is 15.4. The van der Waals surface area contributed by atoms with E-state index in [1.807, 2.05) is 12.1 Å². The van der Waals surface area contributed by atoms with E-state index in [0.29, 0.717) is 44.6 Å². The molecule has 1 fully saturated rings. The zero-order valence-corrected chi connectivity index (χ0v) is 19.2. The van der Waals surface area contributed by atoms with Crippen LogP contribution in [0.3, 0.4) is 0 Å². The van der Waals surface area contributed by atoms with Crippen molar-refractivity contribution >= 4 is 15.9 Å². The van der Waals surface area contributed by atoms with Gasteiger partial charge in [0.25, 0.3) is 0 Å². The van der Waals surface area contributed by atoms with Crippen molar-refractivity contribution in [2.45, 2.75) is 38.4 Å². The molecule has 2 aromatic rings. The molecule has 1 aliphatic heterocycles. The second kappa shape index (κ2) is 11.4. The van der Waals surface area contributed by atoms with Crippen LogP contribution in [0.15, 0.2) is 48.5 Å². The van der Waals surface area contributed by atoms with Gasteiger partial charge in [-0.25, -0.2) is 17.1 Å². The van der Waals surface area contributed by atoms with Gasteiger partial charge in [-0.2, -0.15) is 0 Å². The third-order valence-corrected chi connectivity index (χ3v) is 7.46. The highest BCUT2D eigenvalue weighted by Crippen LogP contribution is 2.22. The van der Waals surface area contributed by atoms with E-state index in [9.17, 15) is 17.6 Å². The summed E-state index contributed by atoms with van der Waals surface area (Å²) in [6.07, 6.45) is 3.11. The molecule has 0 unspecified atom stereocenters. The number of carbonyl (C=O) groups is 1. The van der Waals surface area contributed by atoms with Crippen molar-refractivity contribution in [1.29, 1.82) is 0 Å². The maximum Gasteiger partial charge on any atom is 0.223 e. The topological polar surface area (TPSA) is 75.7 Å². The van der Waals surface area contributed by atoms with Gasteiger partial charge in [0.1, 0.15) is 18.2 Å². The number of benzene rings is 2. The first-order valence-corrected chi connectivity index (χ1v) is 12.7. The second-order valence-corrected chi connectivity index (χ2v) is 10.1. The van der Waals surface area contributed by atoms with Crippen molar-refractivity contribution in [1.82, 2.24) is 9.62 Å². The maximum absolute atomic E-state index is 13.0. The Hall–Kier alpha value is -2.45. The van der Waals surface area contributed by atoms with Crippen molar-refractivity contribution in [3.05, 3.63) is 65.5 Å². The third-order valence-electron chi connectivity index (χ3n) is 5.61. The first kappa shape index (κ1) is 24.2. The van der Waals surface area contributed by atoms with Gasteiger partial charge >= 0.3 is 0 Å². The van der Waals surface area contributed by atoms with Gasteiger partial charge in [0.15, 0.2) is 0 Å². The predicted octanol–water partition coefficient (Wildman–Crippen LogP) is 3.52. The number of sulfonamides is 1. The van der Waals surface area contributed by atoms with Crippen LogP contribution in [-0.2, 0) is 27.0 Å². The van der Waals surface area contributed by atoms with Crippen molar-refractivity contribution in [2.75, 3.05) is 26.2 Å². The van der Waals surface area contributed by atoms with Crippen LogP contribution >= 0.6 is 0 Å². The molecule has 0 spiro atoms. The molecule has 8 heteroatoms. The van der Waals surface area contributed by atoms with E-state index in [4.69, 9.17) is 4.74 Å². The molecule has 1 N–H and O–H groups in total. The molecule has 0 saturated carbocycles. The summed E-state index contributed by atoms with van der Waals surface area (Å²) in [7, 11) is -3.50. The number of nitrogens with zero attached hydrogens (tertiary/aromatic N) is 1. The summed E-state index contributed by atoms with van der Waals surface area (Å²) >= 11 is 0. The molecule has 1 saturated heterocycles. The Balaban J connectivity index is 1.37. The van der Waals surface area contributed by atoms with E-state index < -0.39 is 15.8 Å². The lowest BCUT2D eigenvalue weighted by molar-refractivity contribution is -0.126. The number of hydrogen-bond acceptors (Lipinski definition) is 4. The minimum absolute atomic E-state index is 0.0672. The summed E-state index contributed by atoms with van der Waals surface area (Å²) in [4.78, 5) is 12.4. The van der Waals surface area contributed by atoms with Crippen LogP contribution in [0.25, 0.3) is 0 Å². The predicted molar refractivity (Wildman–Crippen MR) is 122 cm³/mol. The van der Waals surface area contributed by atoms with Gasteiger partial charge in [-0.15, -0.1) is 0 Å². The van der Waals surface area contributed by atoms with Crippen LogP contribution in [-0.4, -0.2) is 44.9 Å². The normalized spacial score (nSPS) is 15.4. The number of nitrogens with one attached hydrogen (secondary N) is 1. The van der Waals surface area contributed by atoms with Gasteiger partial charge in [0.2, 0.25) is 15.9 Å². The van der Waals surface area contributed by atoms with Crippen molar-refractivity contribution in [3.8, 4) is 5.75 Å². The summed E-state index contributed by atoms with van der Waals surface area (Å²) in [5.74, 6) is -0.0592. The molecular formula is C24H31FN2O4S. The van der Waals surface area contributed by atoms with Crippen LogP contribution < -0.4 is 10.1 Å². The average molecular weight is 463 g/mol. The Labute approximate surface area is 189 Å². The lowest BCUT2D eigenvalue weighted by Gasteiger charge is -2.30. The lowest BCUT2D eigenvalue weighted by Crippen LogP contribution is -2.43. The number of halogens is 1. The van der Waals surface area contributed by atoms with E-state index in [0.717, 1.165) is 18.6 Å². The molecule has 1 heterocycles. The molecule has 0 atom stereocenters. The summed E-state index contributed by atoms with van der Waals surface area (Å²) < 4.78 is 45.4. The Morgan fingerprint density at radius 1 is 1.06 bits per heavy atom. The first-order valence-electron chi connectivity index (χ1n) is 11.1. The standard InChI is InChI=1S/C24H31FN2O4S/c1-2-3-19-6-10-23(11-7-19)31-17-14-26-24(28)21-12-15-27(16-13-21)32(29,30)18-20-4-8-22(25)9-5-20/h4-11,21H,2-3,12-18H2,1H3,(H,26,28). The fraction of sp³-hybridized carbons (Fsp3) is 0.458. The zero-order valence-electron chi connectivity index (χ0n) is 18.4. The van der Waals surface area contributed by atoms with Gasteiger partial charge in [-0.1, -0.05) is 37.6 Å². The van der Waals surface area contributed by atoms with Gasteiger partial charge in [-0.05, 0) is 54.7 Å². The molecule has 6 nitrogen and oxygen atoms in total. The number of amides is 1. The van der Waals surface area contributed by atoms with Gasteiger partial charge in [-0.3, -0.25) is 4.79 Å². The number of ether oxygens (including phenoxy) is 1. The van der Waals surface area contributed by atoms with Crippen LogP contribution in [0.2, 0.25) is 0 Å². The number of aryl methyl sites for hydroxylation is 1. The highest BCUT2D eigenvalue weighted by molar-refractivity contribution is 7.88. The van der Waals surface area contributed by atoms with E-state index >= 15 is 0 Å². The molecule has 1 amide bonds. The van der Waals surface area contributed by atoms with Crippen molar-refractivity contribution in [2.24, 2.45) is 5.92 Å². The Bertz CT molecular complexity index is 970. The third kappa shape index (κ3) is 7.03. The number of hydrogen-bond donors (Lipinski definition) is 1. The number of carbonyl (C=O) groups excluding carboxylic acids is 1. The molecule has 2 aromatic carbocycles. The highest BCUT2D eigenvalue weighted by Gasteiger charge is 2.31. The van der Waals surface area contributed by atoms with E-state index in [2.05, 4.69) is 24.4 Å². The highest BCUT2D eigenvalue weighted by atomic mass is 32.2. The average Bonchev–Trinajstić information content (AvgIpc) is 2.79. The van der Waals surface area contributed by atoms with Crippen LogP contribution in [0.1, 0.15) is 37.3 Å². The largest absolute Gasteiger partial charge is 0.492 e. The summed E-state index contributed by atoms with van der Waals surface area (Å²) in [5, 5.41) is 2.89. The number of piperidine rings is 1. The molecular weight excluding hydrogens is 431 g/mol. The monoisotopic (exact) mass is 462 g/mol. The molecule has 0 radical (unpaired) electrons. The number of rotatable bonds is 10. The Morgan fingerprint density at radius 2 is 1.69 bits per heavy atom. The van der Waals surface area contributed by atoms with Crippen molar-refractivity contribution in [3.63, 3.8) is 0 Å². The SMILES string of the molecule is CCCc1ccc(OCCNC(=O)C2CCN(S(=O)(=O)Cc3ccc(F)cc3)CC2)cc1. The molecule has 32 heavy (non-hydrogen) atoms. The minimum Gasteiger partial charge on any atom is -0.492 e.